The summed E-state index contributed by atoms with van der Waals surface area (Å²) in [6.07, 6.45) is 2.97. The van der Waals surface area contributed by atoms with Crippen LogP contribution in [0.25, 0.3) is 0 Å². The van der Waals surface area contributed by atoms with Gasteiger partial charge in [-0.1, -0.05) is 0 Å². The Bertz CT molecular complexity index is 376. The lowest BCUT2D eigenvalue weighted by Crippen LogP contribution is -2.47. The van der Waals surface area contributed by atoms with Crippen molar-refractivity contribution in [3.05, 3.63) is 0 Å². The summed E-state index contributed by atoms with van der Waals surface area (Å²) in [6.45, 7) is 2.64. The van der Waals surface area contributed by atoms with Gasteiger partial charge in [-0.15, -0.1) is 0 Å². The minimum atomic E-state index is -3.41. The molecule has 0 aromatic heterocycles. The van der Waals surface area contributed by atoms with Crippen molar-refractivity contribution in [2.45, 2.75) is 25.8 Å². The first-order valence-electron chi connectivity index (χ1n) is 6.92. The third-order valence-corrected chi connectivity index (χ3v) is 4.68. The third kappa shape index (κ3) is 10.9. The zero-order chi connectivity index (χ0) is 16.1. The number of hydrogen-bond acceptors (Lipinski definition) is 6. The van der Waals surface area contributed by atoms with Crippen molar-refractivity contribution >= 4 is 27.7 Å². The van der Waals surface area contributed by atoms with Crippen molar-refractivity contribution in [1.29, 1.82) is 0 Å². The Hall–Kier alpha value is -0.350. The number of nitrogens with one attached hydrogen (secondary N) is 2. The topological polar surface area (TPSA) is 105 Å². The molecular formula is C12H26N2O5S2. The molecule has 0 saturated heterocycles. The lowest BCUT2D eigenvalue weighted by molar-refractivity contribution is -0.122. The highest BCUT2D eigenvalue weighted by molar-refractivity contribution is 7.98. The number of thioether (sulfide) groups is 1. The van der Waals surface area contributed by atoms with Crippen LogP contribution in [-0.2, 0) is 19.6 Å². The Morgan fingerprint density at radius 2 is 2.10 bits per heavy atom. The first-order chi connectivity index (χ1) is 9.96. The molecule has 0 saturated carbocycles. The summed E-state index contributed by atoms with van der Waals surface area (Å²) in [7, 11) is -3.41. The Morgan fingerprint density at radius 1 is 1.38 bits per heavy atom. The Labute approximate surface area is 131 Å². The second-order valence-corrected chi connectivity index (χ2v) is 7.36. The van der Waals surface area contributed by atoms with Crippen LogP contribution >= 0.6 is 11.8 Å². The smallest absolute Gasteiger partial charge is 0.238 e. The van der Waals surface area contributed by atoms with E-state index in [1.165, 1.54) is 6.92 Å². The number of rotatable bonds is 13. The number of sulfonamides is 1. The number of aliphatic hydroxyl groups is 1. The first-order valence-corrected chi connectivity index (χ1v) is 9.96. The summed E-state index contributed by atoms with van der Waals surface area (Å²) in [4.78, 5) is 12.0. The molecule has 7 nitrogen and oxygen atoms in total. The van der Waals surface area contributed by atoms with Gasteiger partial charge in [0.15, 0.2) is 0 Å². The largest absolute Gasteiger partial charge is 0.394 e. The van der Waals surface area contributed by atoms with Gasteiger partial charge in [0.05, 0.1) is 19.0 Å². The maximum Gasteiger partial charge on any atom is 0.238 e. The predicted molar refractivity (Wildman–Crippen MR) is 84.9 cm³/mol. The molecule has 1 amide bonds. The molecule has 1 unspecified atom stereocenters. The maximum absolute atomic E-state index is 12.0. The van der Waals surface area contributed by atoms with Gasteiger partial charge in [0, 0.05) is 13.2 Å². The fourth-order valence-corrected chi connectivity index (χ4v) is 2.75. The zero-order valence-corrected chi connectivity index (χ0v) is 14.3. The predicted octanol–water partition coefficient (Wildman–Crippen LogP) is -0.437. The summed E-state index contributed by atoms with van der Waals surface area (Å²) >= 11 is 1.56. The summed E-state index contributed by atoms with van der Waals surface area (Å²) < 4.78 is 30.7. The highest BCUT2D eigenvalue weighted by Crippen LogP contribution is 2.03. The number of ether oxygens (including phenoxy) is 1. The second kappa shape index (κ2) is 12.2. The van der Waals surface area contributed by atoms with Crippen LogP contribution in [0.5, 0.6) is 0 Å². The van der Waals surface area contributed by atoms with E-state index >= 15 is 0 Å². The average Bonchev–Trinajstić information content (AvgIpc) is 2.46. The van der Waals surface area contributed by atoms with E-state index in [2.05, 4.69) is 10.0 Å². The van der Waals surface area contributed by atoms with E-state index in [-0.39, 0.29) is 24.9 Å². The minimum Gasteiger partial charge on any atom is -0.394 e. The molecule has 3 N–H and O–H groups in total. The van der Waals surface area contributed by atoms with E-state index in [4.69, 9.17) is 9.84 Å². The van der Waals surface area contributed by atoms with Crippen LogP contribution in [0.2, 0.25) is 0 Å². The molecule has 0 fully saturated rings. The van der Waals surface area contributed by atoms with Gasteiger partial charge in [-0.2, -0.15) is 11.8 Å². The fourth-order valence-electron chi connectivity index (χ4n) is 1.45. The molecule has 0 radical (unpaired) electrons. The lowest BCUT2D eigenvalue weighted by Gasteiger charge is -2.17. The summed E-state index contributed by atoms with van der Waals surface area (Å²) in [5.41, 5.74) is 0. The number of amides is 1. The van der Waals surface area contributed by atoms with E-state index < -0.39 is 16.1 Å². The standard InChI is InChI=1S/C12H26N2O5S2/c1-3-21(17,18)14-11(5-10-20-2)12(16)13-6-4-8-19-9-7-15/h11,14-15H,3-10H2,1-2H3,(H,13,16). The van der Waals surface area contributed by atoms with Crippen LogP contribution in [-0.4, -0.2) is 69.6 Å². The molecular weight excluding hydrogens is 316 g/mol. The molecule has 0 aromatic rings. The second-order valence-electron chi connectivity index (χ2n) is 4.34. The van der Waals surface area contributed by atoms with Gasteiger partial charge in [-0.25, -0.2) is 13.1 Å². The van der Waals surface area contributed by atoms with Gasteiger partial charge in [0.25, 0.3) is 0 Å². The van der Waals surface area contributed by atoms with E-state index in [1.807, 2.05) is 6.26 Å². The van der Waals surface area contributed by atoms with Crippen molar-refractivity contribution < 1.29 is 23.1 Å². The van der Waals surface area contributed by atoms with E-state index in [9.17, 15) is 13.2 Å². The minimum absolute atomic E-state index is 0.0259. The van der Waals surface area contributed by atoms with Crippen LogP contribution in [0.15, 0.2) is 0 Å². The Balaban J connectivity index is 4.19. The van der Waals surface area contributed by atoms with Crippen molar-refractivity contribution in [2.75, 3.05) is 44.1 Å². The summed E-state index contributed by atoms with van der Waals surface area (Å²) in [5, 5.41) is 11.2. The molecule has 126 valence electrons. The average molecular weight is 342 g/mol. The molecule has 0 aliphatic carbocycles. The van der Waals surface area contributed by atoms with E-state index in [0.29, 0.717) is 31.7 Å². The highest BCUT2D eigenvalue weighted by Gasteiger charge is 2.22. The first kappa shape index (κ1) is 20.6. The normalized spacial score (nSPS) is 13.1. The van der Waals surface area contributed by atoms with Crippen LogP contribution < -0.4 is 10.0 Å². The molecule has 21 heavy (non-hydrogen) atoms. The molecule has 0 aliphatic rings. The number of hydrogen-bond donors (Lipinski definition) is 3. The molecule has 0 spiro atoms. The number of carbonyl (C=O) groups excluding carboxylic acids is 1. The van der Waals surface area contributed by atoms with Crippen LogP contribution in [0.4, 0.5) is 0 Å². The summed E-state index contributed by atoms with van der Waals surface area (Å²) in [5.74, 6) is 0.331. The Kier molecular flexibility index (Phi) is 12.0. The highest BCUT2D eigenvalue weighted by atomic mass is 32.2. The van der Waals surface area contributed by atoms with Gasteiger partial charge in [0.1, 0.15) is 6.04 Å². The van der Waals surface area contributed by atoms with Crippen LogP contribution in [0.3, 0.4) is 0 Å². The number of carbonyl (C=O) groups is 1. The van der Waals surface area contributed by atoms with Gasteiger partial charge < -0.3 is 15.2 Å². The molecule has 0 aliphatic heterocycles. The summed E-state index contributed by atoms with van der Waals surface area (Å²) in [6, 6.07) is -0.735. The number of aliphatic hydroxyl groups excluding tert-OH is 1. The lowest BCUT2D eigenvalue weighted by atomic mass is 10.2. The molecule has 0 bridgehead atoms. The third-order valence-electron chi connectivity index (χ3n) is 2.63. The Morgan fingerprint density at radius 3 is 2.67 bits per heavy atom. The van der Waals surface area contributed by atoms with Crippen molar-refractivity contribution in [3.63, 3.8) is 0 Å². The fraction of sp³-hybridized carbons (Fsp3) is 0.917. The van der Waals surface area contributed by atoms with Gasteiger partial charge >= 0.3 is 0 Å². The maximum atomic E-state index is 12.0. The molecule has 0 rings (SSSR count). The monoisotopic (exact) mass is 342 g/mol. The molecule has 0 heterocycles. The van der Waals surface area contributed by atoms with Gasteiger partial charge in [-0.3, -0.25) is 4.79 Å². The SMILES string of the molecule is CCS(=O)(=O)NC(CCSC)C(=O)NCCCOCCO. The van der Waals surface area contributed by atoms with Gasteiger partial charge in [-0.05, 0) is 31.8 Å². The van der Waals surface area contributed by atoms with Crippen molar-refractivity contribution in [2.24, 2.45) is 0 Å². The molecule has 0 aromatic carbocycles. The zero-order valence-electron chi connectivity index (χ0n) is 12.6. The van der Waals surface area contributed by atoms with Crippen LogP contribution in [0.1, 0.15) is 19.8 Å². The van der Waals surface area contributed by atoms with Crippen molar-refractivity contribution in [1.82, 2.24) is 10.0 Å². The quantitative estimate of drug-likeness (QED) is 0.392. The van der Waals surface area contributed by atoms with Crippen molar-refractivity contribution in [3.8, 4) is 0 Å². The molecule has 9 heteroatoms. The van der Waals surface area contributed by atoms with E-state index in [1.54, 1.807) is 11.8 Å². The van der Waals surface area contributed by atoms with Gasteiger partial charge in [0.2, 0.25) is 15.9 Å². The van der Waals surface area contributed by atoms with E-state index in [0.717, 1.165) is 0 Å². The van der Waals surface area contributed by atoms with Crippen LogP contribution in [0, 0.1) is 0 Å². The molecule has 1 atom stereocenters.